The van der Waals surface area contributed by atoms with Crippen molar-refractivity contribution in [2.24, 2.45) is 0 Å². The van der Waals surface area contributed by atoms with Gasteiger partial charge >= 0.3 is 5.69 Å². The molecule has 1 atom stereocenters. The fourth-order valence-electron chi connectivity index (χ4n) is 3.01. The summed E-state index contributed by atoms with van der Waals surface area (Å²) in [6.45, 7) is 4.09. The maximum atomic E-state index is 14.4. The third kappa shape index (κ3) is 4.03. The number of pyridine rings is 1. The average molecular weight is 400 g/mol. The Morgan fingerprint density at radius 1 is 1.24 bits per heavy atom. The molecule has 0 radical (unpaired) electrons. The molecular weight excluding hydrogens is 382 g/mol. The fraction of sp³-hybridized carbons (Fsp3) is 0.250. The molecule has 0 spiro atoms. The van der Waals surface area contributed by atoms with Gasteiger partial charge in [0.15, 0.2) is 17.4 Å². The molecule has 0 unspecified atom stereocenters. The first-order chi connectivity index (χ1) is 13.9. The number of aryl methyl sites for hydroxylation is 1. The topological polar surface area (TPSA) is 78.3 Å². The summed E-state index contributed by atoms with van der Waals surface area (Å²) in [5.41, 5.74) is 0.551. The molecule has 0 bridgehead atoms. The van der Waals surface area contributed by atoms with E-state index in [4.69, 9.17) is 9.47 Å². The van der Waals surface area contributed by atoms with Crippen molar-refractivity contribution in [3.8, 4) is 17.4 Å². The number of nitrogens with one attached hydrogen (secondary N) is 1. The lowest BCUT2D eigenvalue weighted by Crippen LogP contribution is -2.22. The van der Waals surface area contributed by atoms with Gasteiger partial charge in [0.2, 0.25) is 5.88 Å². The SMILES string of the molecule is Cc1ccc(Oc2c(F)cc(COc3cc4n(c(=O)n3)C[C@@H](C)N4)cc2F)cn1. The number of rotatable bonds is 5. The molecule has 3 heterocycles. The molecule has 3 aromatic rings. The van der Waals surface area contributed by atoms with Gasteiger partial charge in [-0.3, -0.25) is 9.55 Å². The van der Waals surface area contributed by atoms with Crippen molar-refractivity contribution in [1.82, 2.24) is 14.5 Å². The van der Waals surface area contributed by atoms with E-state index in [1.54, 1.807) is 25.1 Å². The smallest absolute Gasteiger partial charge is 0.352 e. The Bertz CT molecular complexity index is 1090. The highest BCUT2D eigenvalue weighted by Gasteiger charge is 2.20. The normalized spacial score (nSPS) is 15.0. The largest absolute Gasteiger partial charge is 0.473 e. The zero-order valence-electron chi connectivity index (χ0n) is 15.8. The third-order valence-electron chi connectivity index (χ3n) is 4.39. The van der Waals surface area contributed by atoms with Crippen LogP contribution in [0.25, 0.3) is 0 Å². The van der Waals surface area contributed by atoms with E-state index in [1.807, 2.05) is 6.92 Å². The van der Waals surface area contributed by atoms with Crippen LogP contribution in [-0.4, -0.2) is 20.6 Å². The van der Waals surface area contributed by atoms with Gasteiger partial charge in [0, 0.05) is 24.3 Å². The van der Waals surface area contributed by atoms with E-state index in [2.05, 4.69) is 15.3 Å². The molecule has 1 N–H and O–H groups in total. The van der Waals surface area contributed by atoms with E-state index in [-0.39, 0.29) is 29.8 Å². The van der Waals surface area contributed by atoms with Crippen LogP contribution in [-0.2, 0) is 13.2 Å². The second-order valence-electron chi connectivity index (χ2n) is 6.83. The molecule has 0 fully saturated rings. The summed E-state index contributed by atoms with van der Waals surface area (Å²) in [5.74, 6) is -1.37. The van der Waals surface area contributed by atoms with Crippen LogP contribution in [0.1, 0.15) is 18.2 Å². The summed E-state index contributed by atoms with van der Waals surface area (Å²) in [7, 11) is 0. The maximum Gasteiger partial charge on any atom is 0.352 e. The van der Waals surface area contributed by atoms with Gasteiger partial charge in [0.25, 0.3) is 0 Å². The number of hydrogen-bond acceptors (Lipinski definition) is 6. The number of aromatic nitrogens is 3. The maximum absolute atomic E-state index is 14.4. The van der Waals surface area contributed by atoms with Crippen molar-refractivity contribution >= 4 is 5.82 Å². The van der Waals surface area contributed by atoms with Crippen molar-refractivity contribution in [1.29, 1.82) is 0 Å². The van der Waals surface area contributed by atoms with E-state index in [0.717, 1.165) is 17.8 Å². The number of ether oxygens (including phenoxy) is 2. The number of anilines is 1. The lowest BCUT2D eigenvalue weighted by atomic mass is 10.2. The van der Waals surface area contributed by atoms with Gasteiger partial charge in [-0.05, 0) is 43.7 Å². The first-order valence-electron chi connectivity index (χ1n) is 8.98. The molecular formula is C20H18F2N4O3. The zero-order valence-corrected chi connectivity index (χ0v) is 15.8. The minimum absolute atomic E-state index is 0.0784. The predicted octanol–water partition coefficient (Wildman–Crippen LogP) is 3.41. The van der Waals surface area contributed by atoms with E-state index in [9.17, 15) is 13.6 Å². The molecule has 0 amide bonds. The molecule has 1 aliphatic heterocycles. The Kier molecular flexibility index (Phi) is 4.87. The van der Waals surface area contributed by atoms with Gasteiger partial charge in [-0.25, -0.2) is 13.6 Å². The highest BCUT2D eigenvalue weighted by Crippen LogP contribution is 2.29. The number of benzene rings is 1. The van der Waals surface area contributed by atoms with Crippen molar-refractivity contribution in [3.63, 3.8) is 0 Å². The predicted molar refractivity (Wildman–Crippen MR) is 101 cm³/mol. The van der Waals surface area contributed by atoms with E-state index >= 15 is 0 Å². The van der Waals surface area contributed by atoms with Gasteiger partial charge in [-0.1, -0.05) is 0 Å². The Hall–Kier alpha value is -3.49. The Balaban J connectivity index is 1.49. The molecule has 2 aromatic heterocycles. The second-order valence-corrected chi connectivity index (χ2v) is 6.83. The minimum atomic E-state index is -0.873. The van der Waals surface area contributed by atoms with Crippen molar-refractivity contribution in [2.45, 2.75) is 33.0 Å². The molecule has 1 aliphatic rings. The molecule has 0 aliphatic carbocycles. The van der Waals surface area contributed by atoms with Crippen LogP contribution >= 0.6 is 0 Å². The van der Waals surface area contributed by atoms with E-state index in [0.29, 0.717) is 12.4 Å². The Morgan fingerprint density at radius 2 is 2.00 bits per heavy atom. The van der Waals surface area contributed by atoms with Crippen molar-refractivity contribution in [2.75, 3.05) is 5.32 Å². The molecule has 0 saturated carbocycles. The molecule has 9 heteroatoms. The van der Waals surface area contributed by atoms with Crippen LogP contribution in [0.5, 0.6) is 17.4 Å². The van der Waals surface area contributed by atoms with Crippen LogP contribution < -0.4 is 20.5 Å². The van der Waals surface area contributed by atoms with Crippen LogP contribution in [0, 0.1) is 18.6 Å². The first-order valence-corrected chi connectivity index (χ1v) is 8.98. The lowest BCUT2D eigenvalue weighted by Gasteiger charge is -2.11. The molecule has 29 heavy (non-hydrogen) atoms. The second kappa shape index (κ2) is 7.50. The average Bonchev–Trinajstić information content (AvgIpc) is 3.05. The fourth-order valence-corrected chi connectivity index (χ4v) is 3.01. The number of hydrogen-bond donors (Lipinski definition) is 1. The molecule has 0 saturated heterocycles. The molecule has 7 nitrogen and oxygen atoms in total. The minimum Gasteiger partial charge on any atom is -0.473 e. The van der Waals surface area contributed by atoms with Crippen molar-refractivity contribution < 1.29 is 18.3 Å². The summed E-state index contributed by atoms with van der Waals surface area (Å²) in [5, 5.41) is 3.13. The van der Waals surface area contributed by atoms with Gasteiger partial charge in [0.1, 0.15) is 18.2 Å². The van der Waals surface area contributed by atoms with Crippen LogP contribution in [0.15, 0.2) is 41.3 Å². The van der Waals surface area contributed by atoms with E-state index in [1.165, 1.54) is 10.8 Å². The van der Waals surface area contributed by atoms with Gasteiger partial charge < -0.3 is 14.8 Å². The quantitative estimate of drug-likeness (QED) is 0.707. The summed E-state index contributed by atoms with van der Waals surface area (Å²) in [6.07, 6.45) is 1.39. The zero-order chi connectivity index (χ0) is 20.5. The van der Waals surface area contributed by atoms with Crippen molar-refractivity contribution in [3.05, 3.63) is 69.9 Å². The Morgan fingerprint density at radius 3 is 2.69 bits per heavy atom. The highest BCUT2D eigenvalue weighted by atomic mass is 19.1. The first kappa shape index (κ1) is 18.9. The van der Waals surface area contributed by atoms with Crippen LogP contribution in [0.4, 0.5) is 14.6 Å². The lowest BCUT2D eigenvalue weighted by molar-refractivity contribution is 0.289. The third-order valence-corrected chi connectivity index (χ3v) is 4.39. The summed E-state index contributed by atoms with van der Waals surface area (Å²) in [6, 6.07) is 7.17. The Labute approximate surface area is 165 Å². The monoisotopic (exact) mass is 400 g/mol. The molecule has 4 rings (SSSR count). The summed E-state index contributed by atoms with van der Waals surface area (Å²) >= 11 is 0. The number of halogens is 2. The van der Waals surface area contributed by atoms with Gasteiger partial charge in [-0.2, -0.15) is 4.98 Å². The summed E-state index contributed by atoms with van der Waals surface area (Å²) in [4.78, 5) is 19.9. The molecule has 1 aromatic carbocycles. The van der Waals surface area contributed by atoms with E-state index < -0.39 is 23.1 Å². The number of nitrogens with zero attached hydrogens (tertiary/aromatic N) is 3. The molecule has 150 valence electrons. The van der Waals surface area contributed by atoms with Crippen LogP contribution in [0.2, 0.25) is 0 Å². The van der Waals surface area contributed by atoms with Crippen LogP contribution in [0.3, 0.4) is 0 Å². The van der Waals surface area contributed by atoms with Gasteiger partial charge in [-0.15, -0.1) is 0 Å². The standard InChI is InChI=1S/C20H18F2N4O3/c1-11-3-4-14(8-23-11)29-19-15(21)5-13(6-16(19)22)10-28-18-7-17-24-12(2)9-26(17)20(27)25-18/h3-8,12,24H,9-10H2,1-2H3/t12-/m1/s1. The highest BCUT2D eigenvalue weighted by molar-refractivity contribution is 5.43. The van der Waals surface area contributed by atoms with Gasteiger partial charge in [0.05, 0.1) is 6.20 Å². The summed E-state index contributed by atoms with van der Waals surface area (Å²) < 4.78 is 41.0. The number of fused-ring (bicyclic) bond motifs is 1.